The van der Waals surface area contributed by atoms with Gasteiger partial charge in [0, 0.05) is 18.7 Å². The summed E-state index contributed by atoms with van der Waals surface area (Å²) in [5.41, 5.74) is -0.140. The van der Waals surface area contributed by atoms with Gasteiger partial charge in [0.2, 0.25) is 0 Å². The first-order valence-corrected chi connectivity index (χ1v) is 7.13. The molecule has 0 aromatic heterocycles. The predicted octanol–water partition coefficient (Wildman–Crippen LogP) is 3.32. The van der Waals surface area contributed by atoms with Gasteiger partial charge in [-0.15, -0.1) is 0 Å². The average molecular weight is 282 g/mol. The second-order valence-corrected chi connectivity index (χ2v) is 5.23. The summed E-state index contributed by atoms with van der Waals surface area (Å²) in [6, 6.07) is 2.15. The van der Waals surface area contributed by atoms with Crippen LogP contribution in [0.2, 0.25) is 0 Å². The maximum absolute atomic E-state index is 13.8. The maximum Gasteiger partial charge on any atom is 0.251 e. The zero-order chi connectivity index (χ0) is 14.5. The van der Waals surface area contributed by atoms with Crippen LogP contribution < -0.4 is 10.6 Å². The molecular weight excluding hydrogens is 262 g/mol. The van der Waals surface area contributed by atoms with Gasteiger partial charge < -0.3 is 10.6 Å². The maximum atomic E-state index is 13.8. The molecule has 0 atom stereocenters. The molecule has 0 unspecified atom stereocenters. The van der Waals surface area contributed by atoms with Crippen LogP contribution in [0.15, 0.2) is 12.1 Å². The third kappa shape index (κ3) is 3.92. The quantitative estimate of drug-likeness (QED) is 0.805. The third-order valence-electron chi connectivity index (χ3n) is 3.39. The van der Waals surface area contributed by atoms with Crippen molar-refractivity contribution in [2.45, 2.75) is 32.6 Å². The Morgan fingerprint density at radius 1 is 1.25 bits per heavy atom. The lowest BCUT2D eigenvalue weighted by atomic mass is 10.1. The molecule has 1 aromatic carbocycles. The minimum Gasteiger partial charge on any atom is -0.380 e. The zero-order valence-corrected chi connectivity index (χ0v) is 11.6. The molecule has 1 aromatic rings. The SMILES string of the molecule is CCCNc1c(F)cc(C(=O)NCCC2CC2)cc1F. The van der Waals surface area contributed by atoms with Gasteiger partial charge in [-0.25, -0.2) is 8.78 Å². The summed E-state index contributed by atoms with van der Waals surface area (Å²) in [5, 5.41) is 5.38. The van der Waals surface area contributed by atoms with Crippen LogP contribution in [-0.2, 0) is 0 Å². The normalized spacial score (nSPS) is 14.2. The van der Waals surface area contributed by atoms with E-state index in [-0.39, 0.29) is 11.3 Å². The second kappa shape index (κ2) is 6.68. The highest BCUT2D eigenvalue weighted by Gasteiger charge is 2.21. The molecule has 1 saturated carbocycles. The Morgan fingerprint density at radius 3 is 2.45 bits per heavy atom. The summed E-state index contributed by atoms with van der Waals surface area (Å²) in [5.74, 6) is -1.17. The molecule has 1 amide bonds. The summed E-state index contributed by atoms with van der Waals surface area (Å²) in [6.07, 6.45) is 4.14. The van der Waals surface area contributed by atoms with Gasteiger partial charge in [-0.2, -0.15) is 0 Å². The van der Waals surface area contributed by atoms with E-state index in [1.54, 1.807) is 0 Å². The first-order valence-electron chi connectivity index (χ1n) is 7.13. The number of carbonyl (C=O) groups excluding carboxylic acids is 1. The highest BCUT2D eigenvalue weighted by atomic mass is 19.1. The van der Waals surface area contributed by atoms with Gasteiger partial charge >= 0.3 is 0 Å². The van der Waals surface area contributed by atoms with Crippen molar-refractivity contribution in [3.05, 3.63) is 29.3 Å². The molecule has 1 aliphatic rings. The van der Waals surface area contributed by atoms with E-state index in [0.717, 1.165) is 25.0 Å². The molecule has 1 aliphatic carbocycles. The van der Waals surface area contributed by atoms with E-state index in [2.05, 4.69) is 10.6 Å². The van der Waals surface area contributed by atoms with Crippen molar-refractivity contribution >= 4 is 11.6 Å². The third-order valence-corrected chi connectivity index (χ3v) is 3.39. The van der Waals surface area contributed by atoms with Gasteiger partial charge in [0.25, 0.3) is 5.91 Å². The lowest BCUT2D eigenvalue weighted by Crippen LogP contribution is -2.25. The van der Waals surface area contributed by atoms with Gasteiger partial charge in [-0.05, 0) is 30.9 Å². The standard InChI is InChI=1S/C15H20F2N2O/c1-2-6-18-14-12(16)8-11(9-13(14)17)15(20)19-7-5-10-3-4-10/h8-10,18H,2-7H2,1H3,(H,19,20). The molecule has 0 spiro atoms. The molecule has 1 fully saturated rings. The minimum atomic E-state index is -0.731. The minimum absolute atomic E-state index is 0.0258. The Hall–Kier alpha value is -1.65. The van der Waals surface area contributed by atoms with Crippen LogP contribution in [0, 0.1) is 17.6 Å². The highest BCUT2D eigenvalue weighted by molar-refractivity contribution is 5.94. The van der Waals surface area contributed by atoms with Crippen LogP contribution >= 0.6 is 0 Å². The average Bonchev–Trinajstić information content (AvgIpc) is 3.21. The van der Waals surface area contributed by atoms with E-state index < -0.39 is 17.5 Å². The smallest absolute Gasteiger partial charge is 0.251 e. The van der Waals surface area contributed by atoms with Crippen molar-refractivity contribution in [1.29, 1.82) is 0 Å². The first-order chi connectivity index (χ1) is 9.61. The lowest BCUT2D eigenvalue weighted by Gasteiger charge is -2.10. The van der Waals surface area contributed by atoms with Crippen molar-refractivity contribution in [2.75, 3.05) is 18.4 Å². The topological polar surface area (TPSA) is 41.1 Å². The molecule has 5 heteroatoms. The molecule has 0 bridgehead atoms. The Kier molecular flexibility index (Phi) is 4.93. The molecule has 0 aliphatic heterocycles. The Labute approximate surface area is 117 Å². The predicted molar refractivity (Wildman–Crippen MR) is 74.8 cm³/mol. The largest absolute Gasteiger partial charge is 0.380 e. The first kappa shape index (κ1) is 14.8. The number of hydrogen-bond acceptors (Lipinski definition) is 2. The Balaban J connectivity index is 1.98. The van der Waals surface area contributed by atoms with E-state index in [9.17, 15) is 13.6 Å². The summed E-state index contributed by atoms with van der Waals surface area (Å²) < 4.78 is 27.5. The van der Waals surface area contributed by atoms with E-state index in [4.69, 9.17) is 0 Å². The van der Waals surface area contributed by atoms with E-state index in [1.807, 2.05) is 6.92 Å². The van der Waals surface area contributed by atoms with Gasteiger partial charge in [0.15, 0.2) is 0 Å². The fourth-order valence-electron chi connectivity index (χ4n) is 2.02. The molecule has 110 valence electrons. The Morgan fingerprint density at radius 2 is 1.90 bits per heavy atom. The van der Waals surface area contributed by atoms with Crippen LogP contribution in [0.5, 0.6) is 0 Å². The van der Waals surface area contributed by atoms with Crippen LogP contribution in [-0.4, -0.2) is 19.0 Å². The number of hydrogen-bond donors (Lipinski definition) is 2. The number of nitrogens with one attached hydrogen (secondary N) is 2. The Bertz CT molecular complexity index is 464. The van der Waals surface area contributed by atoms with Gasteiger partial charge in [-0.1, -0.05) is 19.8 Å². The van der Waals surface area contributed by atoms with Crippen molar-refractivity contribution in [3.63, 3.8) is 0 Å². The fraction of sp³-hybridized carbons (Fsp3) is 0.533. The second-order valence-electron chi connectivity index (χ2n) is 5.23. The summed E-state index contributed by atoms with van der Waals surface area (Å²) >= 11 is 0. The monoisotopic (exact) mass is 282 g/mol. The number of benzene rings is 1. The number of rotatable bonds is 7. The number of amides is 1. The lowest BCUT2D eigenvalue weighted by molar-refractivity contribution is 0.0952. The summed E-state index contributed by atoms with van der Waals surface area (Å²) in [6.45, 7) is 2.95. The zero-order valence-electron chi connectivity index (χ0n) is 11.6. The summed E-state index contributed by atoms with van der Waals surface area (Å²) in [4.78, 5) is 11.8. The van der Waals surface area contributed by atoms with Crippen LogP contribution in [0.3, 0.4) is 0 Å². The van der Waals surface area contributed by atoms with Crippen molar-refractivity contribution < 1.29 is 13.6 Å². The summed E-state index contributed by atoms with van der Waals surface area (Å²) in [7, 11) is 0. The van der Waals surface area contributed by atoms with Crippen LogP contribution in [0.25, 0.3) is 0 Å². The molecule has 0 radical (unpaired) electrons. The van der Waals surface area contributed by atoms with Crippen molar-refractivity contribution in [2.24, 2.45) is 5.92 Å². The molecule has 2 N–H and O–H groups in total. The van der Waals surface area contributed by atoms with Gasteiger partial charge in [0.05, 0.1) is 0 Å². The highest BCUT2D eigenvalue weighted by Crippen LogP contribution is 2.31. The van der Waals surface area contributed by atoms with Crippen molar-refractivity contribution in [1.82, 2.24) is 5.32 Å². The number of halogens is 2. The number of carbonyl (C=O) groups is 1. The van der Waals surface area contributed by atoms with Crippen LogP contribution in [0.1, 0.15) is 43.0 Å². The number of anilines is 1. The molecule has 0 heterocycles. The molecular formula is C15H20F2N2O. The van der Waals surface area contributed by atoms with Gasteiger partial charge in [0.1, 0.15) is 17.3 Å². The molecule has 2 rings (SSSR count). The molecule has 0 saturated heterocycles. The molecule has 3 nitrogen and oxygen atoms in total. The molecule has 20 heavy (non-hydrogen) atoms. The van der Waals surface area contributed by atoms with E-state index in [1.165, 1.54) is 12.8 Å². The van der Waals surface area contributed by atoms with Gasteiger partial charge in [-0.3, -0.25) is 4.79 Å². The van der Waals surface area contributed by atoms with Crippen molar-refractivity contribution in [3.8, 4) is 0 Å². The van der Waals surface area contributed by atoms with Crippen LogP contribution in [0.4, 0.5) is 14.5 Å². The van der Waals surface area contributed by atoms with E-state index in [0.29, 0.717) is 19.0 Å². The fourth-order valence-corrected chi connectivity index (χ4v) is 2.02. The van der Waals surface area contributed by atoms with E-state index >= 15 is 0 Å².